The van der Waals surface area contributed by atoms with Crippen molar-refractivity contribution in [3.63, 3.8) is 0 Å². The van der Waals surface area contributed by atoms with E-state index in [4.69, 9.17) is 4.74 Å². The molecule has 3 rings (SSSR count). The van der Waals surface area contributed by atoms with Crippen LogP contribution in [0, 0.1) is 5.92 Å². The van der Waals surface area contributed by atoms with Crippen LogP contribution >= 0.6 is 0 Å². The van der Waals surface area contributed by atoms with Crippen molar-refractivity contribution in [2.75, 3.05) is 23.4 Å². The molecule has 0 saturated carbocycles. The fourth-order valence-corrected chi connectivity index (χ4v) is 2.59. The number of nitrogens with zero attached hydrogens (tertiary/aromatic N) is 1. The molecule has 1 saturated heterocycles. The van der Waals surface area contributed by atoms with Crippen molar-refractivity contribution in [1.82, 2.24) is 0 Å². The summed E-state index contributed by atoms with van der Waals surface area (Å²) in [7, 11) is 0. The lowest BCUT2D eigenvalue weighted by Gasteiger charge is -2.31. The summed E-state index contributed by atoms with van der Waals surface area (Å²) < 4.78 is 5.51. The van der Waals surface area contributed by atoms with E-state index in [0.717, 1.165) is 12.1 Å². The highest BCUT2D eigenvalue weighted by Crippen LogP contribution is 2.31. The number of nitrogens with one attached hydrogen (secondary N) is 1. The Labute approximate surface area is 111 Å². The molecule has 5 heteroatoms. The molecule has 0 aromatic heterocycles. The minimum absolute atomic E-state index is 0.0580. The zero-order valence-corrected chi connectivity index (χ0v) is 10.8. The van der Waals surface area contributed by atoms with Crippen molar-refractivity contribution in [1.29, 1.82) is 0 Å². The number of rotatable bonds is 1. The lowest BCUT2D eigenvalue weighted by Crippen LogP contribution is -2.47. The summed E-state index contributed by atoms with van der Waals surface area (Å²) in [6.45, 7) is 2.67. The number of fused-ring (bicyclic) bond motifs is 1. The molecular formula is C14H16N2O3. The standard InChI is InChI=1S/C14H16N2O3/c1-9-6-7-19-13(9)14(18)16-8-12(17)15-10-4-2-3-5-11(10)16/h2-5,9,13H,6-8H2,1H3,(H,15,17). The molecule has 1 aromatic carbocycles. The van der Waals surface area contributed by atoms with Gasteiger partial charge in [0.05, 0.1) is 11.4 Å². The highest BCUT2D eigenvalue weighted by atomic mass is 16.5. The van der Waals surface area contributed by atoms with E-state index >= 15 is 0 Å². The van der Waals surface area contributed by atoms with Crippen LogP contribution in [0.5, 0.6) is 0 Å². The van der Waals surface area contributed by atoms with Gasteiger partial charge in [-0.25, -0.2) is 0 Å². The van der Waals surface area contributed by atoms with Crippen molar-refractivity contribution in [3.05, 3.63) is 24.3 Å². The third kappa shape index (κ3) is 2.10. The SMILES string of the molecule is CC1CCOC1C(=O)N1CC(=O)Nc2ccccc21. The smallest absolute Gasteiger partial charge is 0.256 e. The maximum Gasteiger partial charge on any atom is 0.256 e. The van der Waals surface area contributed by atoms with E-state index in [1.807, 2.05) is 25.1 Å². The molecule has 1 aromatic rings. The summed E-state index contributed by atoms with van der Waals surface area (Å²) in [6.07, 6.45) is 0.455. The molecule has 2 amide bonds. The maximum absolute atomic E-state index is 12.5. The van der Waals surface area contributed by atoms with Gasteiger partial charge in [0.25, 0.3) is 5.91 Å². The molecular weight excluding hydrogens is 244 g/mol. The van der Waals surface area contributed by atoms with Crippen LogP contribution in [0.1, 0.15) is 13.3 Å². The maximum atomic E-state index is 12.5. The average molecular weight is 260 g/mol. The average Bonchev–Trinajstić information content (AvgIpc) is 2.83. The van der Waals surface area contributed by atoms with Gasteiger partial charge in [0.15, 0.2) is 0 Å². The van der Waals surface area contributed by atoms with Gasteiger partial charge in [-0.1, -0.05) is 19.1 Å². The molecule has 2 aliphatic rings. The summed E-state index contributed by atoms with van der Waals surface area (Å²) in [4.78, 5) is 25.8. The lowest BCUT2D eigenvalue weighted by atomic mass is 10.0. The van der Waals surface area contributed by atoms with E-state index in [-0.39, 0.29) is 24.3 Å². The molecule has 19 heavy (non-hydrogen) atoms. The lowest BCUT2D eigenvalue weighted by molar-refractivity contribution is -0.130. The van der Waals surface area contributed by atoms with Gasteiger partial charge in [0.2, 0.25) is 5.91 Å². The van der Waals surface area contributed by atoms with Crippen LogP contribution in [-0.2, 0) is 14.3 Å². The topological polar surface area (TPSA) is 58.6 Å². The van der Waals surface area contributed by atoms with Gasteiger partial charge in [0, 0.05) is 6.61 Å². The van der Waals surface area contributed by atoms with Crippen molar-refractivity contribution in [3.8, 4) is 0 Å². The Morgan fingerprint density at radius 2 is 2.21 bits per heavy atom. The van der Waals surface area contributed by atoms with Crippen molar-refractivity contribution in [2.45, 2.75) is 19.4 Å². The van der Waals surface area contributed by atoms with Gasteiger partial charge in [-0.3, -0.25) is 14.5 Å². The van der Waals surface area contributed by atoms with E-state index in [9.17, 15) is 9.59 Å². The Hall–Kier alpha value is -1.88. The highest BCUT2D eigenvalue weighted by molar-refractivity contribution is 6.11. The molecule has 100 valence electrons. The van der Waals surface area contributed by atoms with Crippen molar-refractivity contribution in [2.24, 2.45) is 5.92 Å². The molecule has 2 unspecified atom stereocenters. The molecule has 5 nitrogen and oxygen atoms in total. The van der Waals surface area contributed by atoms with Crippen LogP contribution in [0.4, 0.5) is 11.4 Å². The van der Waals surface area contributed by atoms with Crippen LogP contribution in [0.3, 0.4) is 0 Å². The van der Waals surface area contributed by atoms with E-state index < -0.39 is 6.10 Å². The third-order valence-corrected chi connectivity index (χ3v) is 3.67. The number of hydrogen-bond acceptors (Lipinski definition) is 3. The van der Waals surface area contributed by atoms with Crippen LogP contribution in [-0.4, -0.2) is 31.1 Å². The molecule has 2 atom stereocenters. The summed E-state index contributed by atoms with van der Waals surface area (Å²) >= 11 is 0. The number of amides is 2. The van der Waals surface area contributed by atoms with Gasteiger partial charge in [-0.15, -0.1) is 0 Å². The molecule has 0 radical (unpaired) electrons. The quantitative estimate of drug-likeness (QED) is 0.830. The first-order valence-corrected chi connectivity index (χ1v) is 6.48. The fraction of sp³-hybridized carbons (Fsp3) is 0.429. The third-order valence-electron chi connectivity index (χ3n) is 3.67. The number of para-hydroxylation sites is 2. The predicted molar refractivity (Wildman–Crippen MR) is 70.9 cm³/mol. The Morgan fingerprint density at radius 1 is 1.42 bits per heavy atom. The van der Waals surface area contributed by atoms with Crippen LogP contribution in [0.25, 0.3) is 0 Å². The first-order chi connectivity index (χ1) is 9.16. The molecule has 2 heterocycles. The van der Waals surface area contributed by atoms with Crippen molar-refractivity contribution >= 4 is 23.2 Å². The molecule has 2 aliphatic heterocycles. The highest BCUT2D eigenvalue weighted by Gasteiger charge is 2.37. The number of carbonyl (C=O) groups excluding carboxylic acids is 2. The predicted octanol–water partition coefficient (Wildman–Crippen LogP) is 1.40. The van der Waals surface area contributed by atoms with E-state index in [1.165, 1.54) is 4.90 Å². The first-order valence-electron chi connectivity index (χ1n) is 6.48. The second-order valence-corrected chi connectivity index (χ2v) is 5.05. The van der Waals surface area contributed by atoms with Crippen molar-refractivity contribution < 1.29 is 14.3 Å². The van der Waals surface area contributed by atoms with Gasteiger partial charge in [-0.2, -0.15) is 0 Å². The first kappa shape index (κ1) is 12.2. The van der Waals surface area contributed by atoms with E-state index in [1.54, 1.807) is 6.07 Å². The number of ether oxygens (including phenoxy) is 1. The van der Waals surface area contributed by atoms with Gasteiger partial charge in [-0.05, 0) is 24.5 Å². The molecule has 0 bridgehead atoms. The van der Waals surface area contributed by atoms with Crippen LogP contribution in [0.2, 0.25) is 0 Å². The Morgan fingerprint density at radius 3 is 2.95 bits per heavy atom. The zero-order chi connectivity index (χ0) is 13.4. The Balaban J connectivity index is 1.92. The largest absolute Gasteiger partial charge is 0.368 e. The molecule has 1 N–H and O–H groups in total. The minimum Gasteiger partial charge on any atom is -0.368 e. The summed E-state index contributed by atoms with van der Waals surface area (Å²) in [5.74, 6) is -0.0883. The van der Waals surface area contributed by atoms with E-state index in [2.05, 4.69) is 5.32 Å². The fourth-order valence-electron chi connectivity index (χ4n) is 2.59. The second-order valence-electron chi connectivity index (χ2n) is 5.05. The minimum atomic E-state index is -0.432. The summed E-state index contributed by atoms with van der Waals surface area (Å²) in [6, 6.07) is 7.33. The number of benzene rings is 1. The Bertz CT molecular complexity index is 529. The van der Waals surface area contributed by atoms with Gasteiger partial charge >= 0.3 is 0 Å². The molecule has 0 spiro atoms. The van der Waals surface area contributed by atoms with Gasteiger partial charge in [0.1, 0.15) is 12.6 Å². The molecule has 1 fully saturated rings. The van der Waals surface area contributed by atoms with Crippen LogP contribution < -0.4 is 10.2 Å². The summed E-state index contributed by atoms with van der Waals surface area (Å²) in [5.41, 5.74) is 1.42. The normalized spacial score (nSPS) is 25.9. The number of hydrogen-bond donors (Lipinski definition) is 1. The monoisotopic (exact) mass is 260 g/mol. The summed E-state index contributed by atoms with van der Waals surface area (Å²) in [5, 5.41) is 2.77. The van der Waals surface area contributed by atoms with E-state index in [0.29, 0.717) is 12.3 Å². The number of carbonyl (C=O) groups is 2. The second kappa shape index (κ2) is 4.66. The zero-order valence-electron chi connectivity index (χ0n) is 10.8. The molecule has 0 aliphatic carbocycles. The number of anilines is 2. The Kier molecular flexibility index (Phi) is 2.98. The van der Waals surface area contributed by atoms with Gasteiger partial charge < -0.3 is 10.1 Å². The van der Waals surface area contributed by atoms with Crippen LogP contribution in [0.15, 0.2) is 24.3 Å².